The zero-order chi connectivity index (χ0) is 17.8. The number of rotatable bonds is 5. The van der Waals surface area contributed by atoms with Gasteiger partial charge in [0.25, 0.3) is 5.56 Å². The van der Waals surface area contributed by atoms with Gasteiger partial charge in [-0.1, -0.05) is 0 Å². The van der Waals surface area contributed by atoms with Gasteiger partial charge in [0.05, 0.1) is 25.6 Å². The number of halogens is 1. The van der Waals surface area contributed by atoms with Gasteiger partial charge in [-0.3, -0.25) is 15.0 Å². The van der Waals surface area contributed by atoms with Crippen LogP contribution in [0.5, 0.6) is 11.5 Å². The maximum atomic E-state index is 13.1. The molecule has 1 aromatic heterocycles. The Hall–Kier alpha value is -3.42. The Balaban J connectivity index is 1.96. The Morgan fingerprint density at radius 3 is 2.32 bits per heavy atom. The predicted molar refractivity (Wildman–Crippen MR) is 90.5 cm³/mol. The SMILES string of the molecule is COc1ccc(N=Nc2c(-c3ccc(F)cc3)[nH][nH]c2=O)cc1OC. The fourth-order valence-corrected chi connectivity index (χ4v) is 2.27. The second-order valence-electron chi connectivity index (χ2n) is 5.05. The van der Waals surface area contributed by atoms with Crippen molar-refractivity contribution >= 4 is 11.4 Å². The molecule has 0 bridgehead atoms. The smallest absolute Gasteiger partial charge is 0.292 e. The summed E-state index contributed by atoms with van der Waals surface area (Å²) < 4.78 is 23.4. The number of H-pyrrole nitrogens is 2. The van der Waals surface area contributed by atoms with E-state index in [-0.39, 0.29) is 11.5 Å². The Morgan fingerprint density at radius 2 is 1.64 bits per heavy atom. The van der Waals surface area contributed by atoms with Crippen LogP contribution < -0.4 is 15.0 Å². The third kappa shape index (κ3) is 3.42. The minimum atomic E-state index is -0.427. The molecule has 0 spiro atoms. The van der Waals surface area contributed by atoms with Crippen molar-refractivity contribution in [2.24, 2.45) is 10.2 Å². The van der Waals surface area contributed by atoms with Crippen LogP contribution >= 0.6 is 0 Å². The van der Waals surface area contributed by atoms with E-state index in [1.807, 2.05) is 0 Å². The summed E-state index contributed by atoms with van der Waals surface area (Å²) in [5.74, 6) is 0.698. The van der Waals surface area contributed by atoms with E-state index in [1.165, 1.54) is 26.4 Å². The third-order valence-corrected chi connectivity index (χ3v) is 3.52. The standard InChI is InChI=1S/C17H15FN4O3/c1-24-13-8-7-12(9-14(13)25-2)19-21-16-15(20-22-17(16)23)10-3-5-11(18)6-4-10/h3-9H,1-2H3,(H2,20,22,23). The highest BCUT2D eigenvalue weighted by Crippen LogP contribution is 2.32. The van der Waals surface area contributed by atoms with Crippen molar-refractivity contribution in [3.8, 4) is 22.8 Å². The van der Waals surface area contributed by atoms with Crippen LogP contribution in [-0.4, -0.2) is 24.4 Å². The molecule has 0 aliphatic carbocycles. The van der Waals surface area contributed by atoms with Crippen molar-refractivity contribution in [3.63, 3.8) is 0 Å². The van der Waals surface area contributed by atoms with Crippen molar-refractivity contribution in [3.05, 3.63) is 58.6 Å². The lowest BCUT2D eigenvalue weighted by Gasteiger charge is -2.06. The summed E-state index contributed by atoms with van der Waals surface area (Å²) in [7, 11) is 3.05. The molecule has 0 saturated heterocycles. The zero-order valence-corrected chi connectivity index (χ0v) is 13.5. The molecule has 1 heterocycles. The lowest BCUT2D eigenvalue weighted by molar-refractivity contribution is 0.355. The minimum absolute atomic E-state index is 0.0985. The van der Waals surface area contributed by atoms with Crippen LogP contribution in [0.2, 0.25) is 0 Å². The molecular weight excluding hydrogens is 327 g/mol. The number of ether oxygens (including phenoxy) is 2. The van der Waals surface area contributed by atoms with Crippen LogP contribution in [0.4, 0.5) is 15.8 Å². The first-order valence-corrected chi connectivity index (χ1v) is 7.32. The predicted octanol–water partition coefficient (Wildman–Crippen LogP) is 3.94. The van der Waals surface area contributed by atoms with E-state index in [0.717, 1.165) is 0 Å². The van der Waals surface area contributed by atoms with Crippen molar-refractivity contribution in [1.29, 1.82) is 0 Å². The van der Waals surface area contributed by atoms with E-state index in [1.54, 1.807) is 30.3 Å². The summed E-state index contributed by atoms with van der Waals surface area (Å²) in [6.07, 6.45) is 0. The number of aromatic nitrogens is 2. The summed E-state index contributed by atoms with van der Waals surface area (Å²) in [6.45, 7) is 0. The molecule has 2 N–H and O–H groups in total. The first-order chi connectivity index (χ1) is 12.1. The van der Waals surface area contributed by atoms with Gasteiger partial charge in [0.1, 0.15) is 5.82 Å². The van der Waals surface area contributed by atoms with Crippen LogP contribution in [0.25, 0.3) is 11.3 Å². The third-order valence-electron chi connectivity index (χ3n) is 3.52. The van der Waals surface area contributed by atoms with Gasteiger partial charge < -0.3 is 9.47 Å². The fraction of sp³-hybridized carbons (Fsp3) is 0.118. The average Bonchev–Trinajstić information content (AvgIpc) is 3.01. The number of hydrogen-bond acceptors (Lipinski definition) is 5. The quantitative estimate of drug-likeness (QED) is 0.688. The molecular formula is C17H15FN4O3. The second kappa shape index (κ2) is 7.00. The van der Waals surface area contributed by atoms with E-state index in [2.05, 4.69) is 20.4 Å². The van der Waals surface area contributed by atoms with Crippen LogP contribution in [-0.2, 0) is 0 Å². The molecule has 8 heteroatoms. The number of aromatic amines is 2. The number of azo groups is 1. The summed E-state index contributed by atoms with van der Waals surface area (Å²) >= 11 is 0. The van der Waals surface area contributed by atoms with Crippen molar-refractivity contribution in [2.75, 3.05) is 14.2 Å². The molecule has 0 atom stereocenters. The fourth-order valence-electron chi connectivity index (χ4n) is 2.27. The van der Waals surface area contributed by atoms with Gasteiger partial charge in [-0.2, -0.15) is 5.11 Å². The zero-order valence-electron chi connectivity index (χ0n) is 13.5. The largest absolute Gasteiger partial charge is 0.493 e. The number of benzene rings is 2. The van der Waals surface area contributed by atoms with E-state index in [9.17, 15) is 9.18 Å². The van der Waals surface area contributed by atoms with Gasteiger partial charge in [-0.05, 0) is 36.4 Å². The maximum Gasteiger partial charge on any atom is 0.292 e. The molecule has 3 aromatic rings. The van der Waals surface area contributed by atoms with Gasteiger partial charge in [-0.15, -0.1) is 5.11 Å². The molecule has 0 amide bonds. The maximum absolute atomic E-state index is 13.1. The first-order valence-electron chi connectivity index (χ1n) is 7.32. The molecule has 0 unspecified atom stereocenters. The molecule has 0 aliphatic heterocycles. The Labute approximate surface area is 142 Å². The number of nitrogens with one attached hydrogen (secondary N) is 2. The highest BCUT2D eigenvalue weighted by Gasteiger charge is 2.12. The number of methoxy groups -OCH3 is 2. The molecule has 0 saturated carbocycles. The van der Waals surface area contributed by atoms with Crippen LogP contribution in [0.1, 0.15) is 0 Å². The Kier molecular flexibility index (Phi) is 4.60. The van der Waals surface area contributed by atoms with Crippen LogP contribution in [0, 0.1) is 5.82 Å². The summed E-state index contributed by atoms with van der Waals surface area (Å²) in [4.78, 5) is 12.0. The molecule has 2 aromatic carbocycles. The van der Waals surface area contributed by atoms with Crippen molar-refractivity contribution in [1.82, 2.24) is 10.2 Å². The lowest BCUT2D eigenvalue weighted by Crippen LogP contribution is -1.96. The van der Waals surface area contributed by atoms with Gasteiger partial charge in [-0.25, -0.2) is 4.39 Å². The molecule has 0 radical (unpaired) electrons. The molecule has 7 nitrogen and oxygen atoms in total. The number of nitrogens with zero attached hydrogens (tertiary/aromatic N) is 2. The van der Waals surface area contributed by atoms with Crippen molar-refractivity contribution in [2.45, 2.75) is 0 Å². The second-order valence-corrected chi connectivity index (χ2v) is 5.05. The lowest BCUT2D eigenvalue weighted by atomic mass is 10.1. The molecule has 25 heavy (non-hydrogen) atoms. The molecule has 3 rings (SSSR count). The average molecular weight is 342 g/mol. The number of hydrogen-bond donors (Lipinski definition) is 2. The van der Waals surface area contributed by atoms with Gasteiger partial charge in [0.15, 0.2) is 17.2 Å². The molecule has 128 valence electrons. The summed E-state index contributed by atoms with van der Waals surface area (Å²) in [5, 5.41) is 13.3. The van der Waals surface area contributed by atoms with Crippen LogP contribution in [0.3, 0.4) is 0 Å². The molecule has 0 aliphatic rings. The highest BCUT2D eigenvalue weighted by atomic mass is 19.1. The normalized spacial score (nSPS) is 11.0. The van der Waals surface area contributed by atoms with Gasteiger partial charge in [0, 0.05) is 11.6 Å². The highest BCUT2D eigenvalue weighted by molar-refractivity contribution is 5.71. The van der Waals surface area contributed by atoms with E-state index >= 15 is 0 Å². The molecule has 0 fully saturated rings. The Bertz CT molecular complexity index is 961. The summed E-state index contributed by atoms with van der Waals surface area (Å²) in [5.41, 5.74) is 1.20. The van der Waals surface area contributed by atoms with E-state index < -0.39 is 5.56 Å². The van der Waals surface area contributed by atoms with Crippen molar-refractivity contribution < 1.29 is 13.9 Å². The van der Waals surface area contributed by atoms with Gasteiger partial charge >= 0.3 is 0 Å². The van der Waals surface area contributed by atoms with Crippen LogP contribution in [0.15, 0.2) is 57.5 Å². The summed E-state index contributed by atoms with van der Waals surface area (Å²) in [6, 6.07) is 10.7. The topological polar surface area (TPSA) is 91.8 Å². The minimum Gasteiger partial charge on any atom is -0.493 e. The van der Waals surface area contributed by atoms with E-state index in [4.69, 9.17) is 9.47 Å². The van der Waals surface area contributed by atoms with E-state index in [0.29, 0.717) is 28.4 Å². The first kappa shape index (κ1) is 16.4. The van der Waals surface area contributed by atoms with Gasteiger partial charge in [0.2, 0.25) is 0 Å². The monoisotopic (exact) mass is 342 g/mol. The Morgan fingerprint density at radius 1 is 0.920 bits per heavy atom.